The van der Waals surface area contributed by atoms with Crippen LogP contribution in [0.2, 0.25) is 0 Å². The van der Waals surface area contributed by atoms with Crippen LogP contribution in [-0.4, -0.2) is 35.3 Å². The lowest BCUT2D eigenvalue weighted by atomic mass is 10.0. The van der Waals surface area contributed by atoms with E-state index in [9.17, 15) is 4.79 Å². The molecule has 1 aromatic heterocycles. The van der Waals surface area contributed by atoms with Crippen molar-refractivity contribution in [1.82, 2.24) is 9.97 Å². The molecule has 6 nitrogen and oxygen atoms in total. The summed E-state index contributed by atoms with van der Waals surface area (Å²) in [5.41, 5.74) is 3.18. The van der Waals surface area contributed by atoms with Crippen LogP contribution in [0.25, 0.3) is 22.5 Å². The van der Waals surface area contributed by atoms with Crippen LogP contribution in [0.1, 0.15) is 59.3 Å². The molecule has 0 fully saturated rings. The molecule has 0 N–H and O–H groups in total. The number of carbonyl (C=O) groups excluding carboxylic acids is 1. The van der Waals surface area contributed by atoms with E-state index in [2.05, 4.69) is 41.2 Å². The molecule has 0 aliphatic carbocycles. The molecule has 6 heteroatoms. The van der Waals surface area contributed by atoms with Gasteiger partial charge in [-0.25, -0.2) is 9.97 Å². The fraction of sp³-hybridized carbons (Fsp3) is 0.414. The van der Waals surface area contributed by atoms with Crippen molar-refractivity contribution in [1.29, 1.82) is 0 Å². The van der Waals surface area contributed by atoms with Crippen molar-refractivity contribution in [2.75, 3.05) is 13.2 Å². The molecule has 0 saturated heterocycles. The Labute approximate surface area is 208 Å². The van der Waals surface area contributed by atoms with Crippen LogP contribution in [0.5, 0.6) is 11.5 Å². The number of hydrogen-bond acceptors (Lipinski definition) is 6. The number of carbonyl (C=O) groups is 1. The van der Waals surface area contributed by atoms with E-state index in [4.69, 9.17) is 14.2 Å². The molecular weight excluding hydrogens is 440 g/mol. The zero-order valence-electron chi connectivity index (χ0n) is 21.0. The SMILES string of the molecule is CCCCCOc1ccc(-c2ccc(-c3ncc(OC[C@@H](C)OC(=O)CCCC)cn3)cc2)cc1. The molecule has 0 amide bonds. The highest BCUT2D eigenvalue weighted by Crippen LogP contribution is 2.25. The number of nitrogens with zero attached hydrogens (tertiary/aromatic N) is 2. The molecule has 1 atom stereocenters. The van der Waals surface area contributed by atoms with E-state index in [0.717, 1.165) is 48.3 Å². The molecule has 2 aromatic carbocycles. The fourth-order valence-corrected chi connectivity index (χ4v) is 3.49. The van der Waals surface area contributed by atoms with Gasteiger partial charge in [-0.05, 0) is 43.0 Å². The number of benzene rings is 2. The van der Waals surface area contributed by atoms with Gasteiger partial charge in [0.15, 0.2) is 11.6 Å². The van der Waals surface area contributed by atoms with Crippen molar-refractivity contribution in [2.24, 2.45) is 0 Å². The first-order valence-corrected chi connectivity index (χ1v) is 12.6. The Morgan fingerprint density at radius 3 is 2.00 bits per heavy atom. The Hall–Kier alpha value is -3.41. The first-order chi connectivity index (χ1) is 17.1. The first kappa shape index (κ1) is 26.2. The third kappa shape index (κ3) is 8.71. The van der Waals surface area contributed by atoms with E-state index >= 15 is 0 Å². The maximum absolute atomic E-state index is 11.7. The van der Waals surface area contributed by atoms with Gasteiger partial charge in [-0.2, -0.15) is 0 Å². The summed E-state index contributed by atoms with van der Waals surface area (Å²) in [6.45, 7) is 7.07. The van der Waals surface area contributed by atoms with Crippen LogP contribution in [-0.2, 0) is 9.53 Å². The van der Waals surface area contributed by atoms with Crippen LogP contribution < -0.4 is 9.47 Å². The molecule has 0 aliphatic rings. The Balaban J connectivity index is 1.50. The van der Waals surface area contributed by atoms with E-state index in [1.54, 1.807) is 12.4 Å². The summed E-state index contributed by atoms with van der Waals surface area (Å²) >= 11 is 0. The number of aromatic nitrogens is 2. The molecule has 3 aromatic rings. The highest BCUT2D eigenvalue weighted by Gasteiger charge is 2.10. The predicted octanol–water partition coefficient (Wildman–Crippen LogP) is 6.88. The van der Waals surface area contributed by atoms with Crippen molar-refractivity contribution < 1.29 is 19.0 Å². The van der Waals surface area contributed by atoms with Crippen molar-refractivity contribution in [2.45, 2.75) is 65.4 Å². The van der Waals surface area contributed by atoms with Crippen LogP contribution in [0, 0.1) is 0 Å². The highest BCUT2D eigenvalue weighted by atomic mass is 16.6. The van der Waals surface area contributed by atoms with Gasteiger partial charge in [0.05, 0.1) is 19.0 Å². The van der Waals surface area contributed by atoms with Gasteiger partial charge in [-0.1, -0.05) is 69.5 Å². The quantitative estimate of drug-likeness (QED) is 0.187. The zero-order valence-corrected chi connectivity index (χ0v) is 21.0. The van der Waals surface area contributed by atoms with Crippen LogP contribution in [0.3, 0.4) is 0 Å². The Morgan fingerprint density at radius 1 is 0.771 bits per heavy atom. The Kier molecular flexibility index (Phi) is 10.6. The lowest BCUT2D eigenvalue weighted by molar-refractivity contribution is -0.149. The molecule has 3 rings (SSSR count). The molecule has 0 spiro atoms. The Morgan fingerprint density at radius 2 is 1.37 bits per heavy atom. The molecule has 0 saturated carbocycles. The third-order valence-electron chi connectivity index (χ3n) is 5.53. The second-order valence-corrected chi connectivity index (χ2v) is 8.61. The van der Waals surface area contributed by atoms with Crippen molar-refractivity contribution in [3.8, 4) is 34.0 Å². The molecule has 0 unspecified atom stereocenters. The number of esters is 1. The molecule has 35 heavy (non-hydrogen) atoms. The largest absolute Gasteiger partial charge is 0.494 e. The average Bonchev–Trinajstić information content (AvgIpc) is 2.89. The molecule has 0 aliphatic heterocycles. The van der Waals surface area contributed by atoms with Gasteiger partial charge in [0.1, 0.15) is 18.5 Å². The van der Waals surface area contributed by atoms with E-state index in [1.165, 1.54) is 12.8 Å². The maximum Gasteiger partial charge on any atom is 0.306 e. The second-order valence-electron chi connectivity index (χ2n) is 8.61. The van der Waals surface area contributed by atoms with E-state index in [0.29, 0.717) is 18.0 Å². The maximum atomic E-state index is 11.7. The zero-order chi connectivity index (χ0) is 24.9. The minimum absolute atomic E-state index is 0.190. The van der Waals surface area contributed by atoms with Crippen LogP contribution in [0.15, 0.2) is 60.9 Å². The van der Waals surface area contributed by atoms with E-state index < -0.39 is 0 Å². The summed E-state index contributed by atoms with van der Waals surface area (Å²) in [6, 6.07) is 16.3. The summed E-state index contributed by atoms with van der Waals surface area (Å²) in [5, 5.41) is 0. The lowest BCUT2D eigenvalue weighted by Crippen LogP contribution is -2.22. The van der Waals surface area contributed by atoms with E-state index in [1.807, 2.05) is 38.1 Å². The second kappa shape index (κ2) is 14.1. The normalized spacial score (nSPS) is 11.6. The van der Waals surface area contributed by atoms with Crippen LogP contribution in [0.4, 0.5) is 0 Å². The van der Waals surface area contributed by atoms with Crippen molar-refractivity contribution >= 4 is 5.97 Å². The van der Waals surface area contributed by atoms with Crippen molar-refractivity contribution in [3.05, 3.63) is 60.9 Å². The number of unbranched alkanes of at least 4 members (excludes halogenated alkanes) is 3. The average molecular weight is 477 g/mol. The molecule has 1 heterocycles. The monoisotopic (exact) mass is 476 g/mol. The van der Waals surface area contributed by atoms with Crippen molar-refractivity contribution in [3.63, 3.8) is 0 Å². The number of hydrogen-bond donors (Lipinski definition) is 0. The molecule has 0 bridgehead atoms. The molecule has 186 valence electrons. The number of rotatable bonds is 14. The fourth-order valence-electron chi connectivity index (χ4n) is 3.49. The highest BCUT2D eigenvalue weighted by molar-refractivity contribution is 5.69. The van der Waals surface area contributed by atoms with Gasteiger partial charge in [-0.15, -0.1) is 0 Å². The minimum atomic E-state index is -0.326. The van der Waals surface area contributed by atoms with Gasteiger partial charge >= 0.3 is 5.97 Å². The van der Waals surface area contributed by atoms with Crippen LogP contribution >= 0.6 is 0 Å². The first-order valence-electron chi connectivity index (χ1n) is 12.6. The topological polar surface area (TPSA) is 70.5 Å². The lowest BCUT2D eigenvalue weighted by Gasteiger charge is -2.14. The smallest absolute Gasteiger partial charge is 0.306 e. The predicted molar refractivity (Wildman–Crippen MR) is 138 cm³/mol. The minimum Gasteiger partial charge on any atom is -0.494 e. The number of ether oxygens (including phenoxy) is 3. The van der Waals surface area contributed by atoms with Gasteiger partial charge < -0.3 is 14.2 Å². The summed E-state index contributed by atoms with van der Waals surface area (Å²) in [5.74, 6) is 1.88. The summed E-state index contributed by atoms with van der Waals surface area (Å²) in [4.78, 5) is 20.6. The standard InChI is InChI=1S/C29H36N2O4/c1-4-6-8-18-33-26-16-14-24(15-17-26)23-10-12-25(13-11-23)29-30-19-27(20-31-29)34-21-22(3)35-28(32)9-7-5-2/h10-17,19-20,22H,4-9,18,21H2,1-3H3/t22-/m1/s1. The van der Waals surface area contributed by atoms with Gasteiger partial charge in [0.25, 0.3) is 0 Å². The van der Waals surface area contributed by atoms with Gasteiger partial charge in [-0.3, -0.25) is 4.79 Å². The summed E-state index contributed by atoms with van der Waals surface area (Å²) in [6.07, 6.45) is 8.67. The summed E-state index contributed by atoms with van der Waals surface area (Å²) in [7, 11) is 0. The molecular formula is C29H36N2O4. The molecule has 0 radical (unpaired) electrons. The van der Waals surface area contributed by atoms with Gasteiger partial charge in [0, 0.05) is 12.0 Å². The third-order valence-corrected chi connectivity index (χ3v) is 5.53. The van der Waals surface area contributed by atoms with Gasteiger partial charge in [0.2, 0.25) is 0 Å². The Bertz CT molecular complexity index is 1020. The summed E-state index contributed by atoms with van der Waals surface area (Å²) < 4.78 is 16.8. The van der Waals surface area contributed by atoms with E-state index in [-0.39, 0.29) is 18.7 Å².